The van der Waals surface area contributed by atoms with Gasteiger partial charge in [-0.25, -0.2) is 0 Å². The Kier molecular flexibility index (Phi) is 13.1. The summed E-state index contributed by atoms with van der Waals surface area (Å²) in [6.07, 6.45) is -1.31. The third-order valence-electron chi connectivity index (χ3n) is 6.47. The van der Waals surface area contributed by atoms with Crippen molar-refractivity contribution in [2.45, 2.75) is 70.7 Å². The summed E-state index contributed by atoms with van der Waals surface area (Å²) in [5.41, 5.74) is 1.55. The van der Waals surface area contributed by atoms with Gasteiger partial charge in [0.1, 0.15) is 17.7 Å². The van der Waals surface area contributed by atoms with E-state index >= 15 is 0 Å². The molecule has 9 nitrogen and oxygen atoms in total. The SMILES string of the molecule is CCc1cccc([C@@H](CB(O)O)NC(=O)[C@H](COC[C@H]2CCCN2C(=O)C(C#N)=CC(C)C)NCC(F)(F)F)c1. The molecule has 1 aliphatic heterocycles. The Bertz CT molecular complexity index is 1060. The number of alkyl halides is 3. The van der Waals surface area contributed by atoms with Gasteiger partial charge in [-0.2, -0.15) is 18.4 Å². The lowest BCUT2D eigenvalue weighted by Gasteiger charge is -2.27. The van der Waals surface area contributed by atoms with Crippen LogP contribution in [0.2, 0.25) is 6.32 Å². The number of nitrogens with one attached hydrogen (secondary N) is 2. The highest BCUT2D eigenvalue weighted by molar-refractivity contribution is 6.41. The van der Waals surface area contributed by atoms with E-state index in [9.17, 15) is 38.1 Å². The number of nitrogens with zero attached hydrogens (tertiary/aromatic N) is 2. The number of halogens is 3. The molecule has 13 heteroatoms. The van der Waals surface area contributed by atoms with Crippen molar-refractivity contribution in [1.82, 2.24) is 15.5 Å². The average molecular weight is 566 g/mol. The van der Waals surface area contributed by atoms with Gasteiger partial charge >= 0.3 is 13.3 Å². The number of aryl methyl sites for hydroxylation is 1. The number of carbonyl (C=O) groups excluding carboxylic acids is 2. The number of hydrogen-bond acceptors (Lipinski definition) is 7. The van der Waals surface area contributed by atoms with Gasteiger partial charge in [-0.15, -0.1) is 0 Å². The molecule has 1 fully saturated rings. The van der Waals surface area contributed by atoms with E-state index in [1.54, 1.807) is 24.3 Å². The summed E-state index contributed by atoms with van der Waals surface area (Å²) >= 11 is 0. The maximum absolute atomic E-state index is 13.1. The molecule has 0 aliphatic carbocycles. The summed E-state index contributed by atoms with van der Waals surface area (Å²) < 4.78 is 44.6. The van der Waals surface area contributed by atoms with Crippen molar-refractivity contribution >= 4 is 18.9 Å². The monoisotopic (exact) mass is 566 g/mol. The lowest BCUT2D eigenvalue weighted by molar-refractivity contribution is -0.135. The van der Waals surface area contributed by atoms with Gasteiger partial charge in [-0.05, 0) is 36.3 Å². The van der Waals surface area contributed by atoms with Crippen molar-refractivity contribution in [2.75, 3.05) is 26.3 Å². The van der Waals surface area contributed by atoms with Crippen LogP contribution in [-0.2, 0) is 20.7 Å². The molecule has 1 aromatic rings. The van der Waals surface area contributed by atoms with Crippen LogP contribution in [0.1, 0.15) is 50.8 Å². The predicted molar refractivity (Wildman–Crippen MR) is 144 cm³/mol. The largest absolute Gasteiger partial charge is 0.453 e. The minimum Gasteiger partial charge on any atom is -0.427 e. The number of carbonyl (C=O) groups is 2. The van der Waals surface area contributed by atoms with E-state index in [1.807, 2.05) is 32.9 Å². The van der Waals surface area contributed by atoms with Gasteiger partial charge in [0.15, 0.2) is 0 Å². The molecule has 3 atom stereocenters. The maximum atomic E-state index is 13.1. The van der Waals surface area contributed by atoms with Gasteiger partial charge in [0.05, 0.1) is 31.8 Å². The Morgan fingerprint density at radius 1 is 1.32 bits per heavy atom. The molecule has 1 aromatic carbocycles. The first-order chi connectivity index (χ1) is 18.8. The van der Waals surface area contributed by atoms with E-state index in [2.05, 4.69) is 10.6 Å². The van der Waals surface area contributed by atoms with Crippen LogP contribution in [0.3, 0.4) is 0 Å². The molecule has 4 N–H and O–H groups in total. The molecule has 0 aromatic heterocycles. The third-order valence-corrected chi connectivity index (χ3v) is 6.47. The lowest BCUT2D eigenvalue weighted by atomic mass is 9.79. The molecule has 1 aliphatic rings. The Morgan fingerprint density at radius 3 is 2.65 bits per heavy atom. The van der Waals surface area contributed by atoms with Gasteiger partial charge in [0.25, 0.3) is 5.91 Å². The van der Waals surface area contributed by atoms with Gasteiger partial charge < -0.3 is 25.0 Å². The average Bonchev–Trinajstić information content (AvgIpc) is 3.35. The highest BCUT2D eigenvalue weighted by Crippen LogP contribution is 2.22. The van der Waals surface area contributed by atoms with Crippen molar-refractivity contribution in [3.63, 3.8) is 0 Å². The molecular formula is C27H38BF3N4O5. The standard InChI is InChI=1S/C27H38BF3N4O5/c1-4-19-7-5-8-20(12-19)23(13-28(38)39)34-25(36)24(33-17-27(29,30)31)16-40-15-22-9-6-10-35(22)26(37)21(14-32)11-18(2)3/h5,7-8,11-12,18,22-24,33,38-39H,4,6,9-10,13,15-17H2,1-3H3,(H,34,36)/t22-,23-,24+/m1/s1. The Hall–Kier alpha value is -2.92. The Balaban J connectivity index is 2.12. The van der Waals surface area contributed by atoms with Crippen LogP contribution in [0.25, 0.3) is 0 Å². The number of allylic oxidation sites excluding steroid dienone is 1. The number of likely N-dealkylation sites (tertiary alicyclic amines) is 1. The topological polar surface area (TPSA) is 135 Å². The quantitative estimate of drug-likeness (QED) is 0.154. The maximum Gasteiger partial charge on any atom is 0.453 e. The first-order valence-corrected chi connectivity index (χ1v) is 13.4. The summed E-state index contributed by atoms with van der Waals surface area (Å²) in [6.45, 7) is 4.16. The van der Waals surface area contributed by atoms with E-state index in [4.69, 9.17) is 4.74 Å². The molecule has 0 unspecified atom stereocenters. The summed E-state index contributed by atoms with van der Waals surface area (Å²) in [4.78, 5) is 27.5. The molecule has 0 bridgehead atoms. The molecular weight excluding hydrogens is 528 g/mol. The summed E-state index contributed by atoms with van der Waals surface area (Å²) in [5, 5.41) is 33.3. The van der Waals surface area contributed by atoms with Crippen LogP contribution >= 0.6 is 0 Å². The van der Waals surface area contributed by atoms with E-state index < -0.39 is 56.4 Å². The molecule has 0 spiro atoms. The first-order valence-electron chi connectivity index (χ1n) is 13.4. The molecule has 2 rings (SSSR count). The van der Waals surface area contributed by atoms with Crippen molar-refractivity contribution in [1.29, 1.82) is 5.26 Å². The molecule has 1 saturated heterocycles. The van der Waals surface area contributed by atoms with Gasteiger partial charge in [-0.3, -0.25) is 14.9 Å². The van der Waals surface area contributed by atoms with Crippen LogP contribution < -0.4 is 10.6 Å². The van der Waals surface area contributed by atoms with E-state index in [0.29, 0.717) is 31.4 Å². The molecule has 0 saturated carbocycles. The lowest BCUT2D eigenvalue weighted by Crippen LogP contribution is -2.51. The zero-order valence-corrected chi connectivity index (χ0v) is 23.1. The molecule has 2 amide bonds. The number of benzene rings is 1. The predicted octanol–water partition coefficient (Wildman–Crippen LogP) is 2.51. The van der Waals surface area contributed by atoms with Gasteiger partial charge in [0, 0.05) is 12.9 Å². The second-order valence-electron chi connectivity index (χ2n) is 10.2. The highest BCUT2D eigenvalue weighted by Gasteiger charge is 2.34. The van der Waals surface area contributed by atoms with Crippen molar-refractivity contribution in [3.8, 4) is 6.07 Å². The number of ether oxygens (including phenoxy) is 1. The van der Waals surface area contributed by atoms with E-state index in [-0.39, 0.29) is 24.4 Å². The summed E-state index contributed by atoms with van der Waals surface area (Å²) in [5.74, 6) is -1.23. The number of nitriles is 1. The number of amides is 2. The minimum absolute atomic E-state index is 0.00454. The third kappa shape index (κ3) is 10.9. The second-order valence-corrected chi connectivity index (χ2v) is 10.2. The van der Waals surface area contributed by atoms with Gasteiger partial charge in [-0.1, -0.05) is 51.1 Å². The van der Waals surface area contributed by atoms with Crippen molar-refractivity contribution in [3.05, 3.63) is 47.0 Å². The smallest absolute Gasteiger partial charge is 0.427 e. The number of hydrogen-bond donors (Lipinski definition) is 4. The first kappa shape index (κ1) is 33.3. The van der Waals surface area contributed by atoms with Crippen LogP contribution in [0.5, 0.6) is 0 Å². The molecule has 40 heavy (non-hydrogen) atoms. The fraction of sp³-hybridized carbons (Fsp3) is 0.593. The number of rotatable bonds is 14. The van der Waals surface area contributed by atoms with E-state index in [0.717, 1.165) is 5.56 Å². The Labute approximate surface area is 233 Å². The summed E-state index contributed by atoms with van der Waals surface area (Å²) in [6, 6.07) is 6.36. The fourth-order valence-corrected chi connectivity index (χ4v) is 4.50. The zero-order valence-electron chi connectivity index (χ0n) is 23.1. The highest BCUT2D eigenvalue weighted by atomic mass is 19.4. The molecule has 0 radical (unpaired) electrons. The van der Waals surface area contributed by atoms with Crippen LogP contribution in [-0.4, -0.2) is 78.4 Å². The van der Waals surface area contributed by atoms with Crippen LogP contribution in [0, 0.1) is 17.2 Å². The van der Waals surface area contributed by atoms with E-state index in [1.165, 1.54) is 4.90 Å². The van der Waals surface area contributed by atoms with Crippen molar-refractivity contribution in [2.24, 2.45) is 5.92 Å². The van der Waals surface area contributed by atoms with Crippen molar-refractivity contribution < 1.29 is 37.5 Å². The molecule has 220 valence electrons. The van der Waals surface area contributed by atoms with Gasteiger partial charge in [0.2, 0.25) is 5.91 Å². The molecule has 1 heterocycles. The Morgan fingerprint density at radius 2 is 2.05 bits per heavy atom. The fourth-order valence-electron chi connectivity index (χ4n) is 4.50. The minimum atomic E-state index is -4.58. The summed E-state index contributed by atoms with van der Waals surface area (Å²) in [7, 11) is -1.76. The second kappa shape index (κ2) is 15.8. The van der Waals surface area contributed by atoms with Crippen LogP contribution in [0.15, 0.2) is 35.9 Å². The zero-order chi connectivity index (χ0) is 29.9. The normalized spacial score (nSPS) is 17.4. The van der Waals surface area contributed by atoms with Crippen LogP contribution in [0.4, 0.5) is 13.2 Å².